The van der Waals surface area contributed by atoms with Crippen molar-refractivity contribution in [2.45, 2.75) is 74.5 Å². The van der Waals surface area contributed by atoms with E-state index in [1.165, 1.54) is 36.0 Å². The summed E-state index contributed by atoms with van der Waals surface area (Å²) in [4.78, 5) is 18.4. The topological polar surface area (TPSA) is 144 Å². The van der Waals surface area contributed by atoms with Crippen molar-refractivity contribution in [2.24, 2.45) is 7.05 Å². The molecule has 5 aromatic rings. The maximum Gasteiger partial charge on any atom is 0.290 e. The van der Waals surface area contributed by atoms with Gasteiger partial charge in [0.1, 0.15) is 40.9 Å². The lowest BCUT2D eigenvalue weighted by Crippen LogP contribution is -2.50. The first-order valence-corrected chi connectivity index (χ1v) is 20.2. The van der Waals surface area contributed by atoms with Crippen LogP contribution in [0.2, 0.25) is 5.02 Å². The Kier molecular flexibility index (Phi) is 10.9. The average Bonchev–Trinajstić information content (AvgIpc) is 3.67. The van der Waals surface area contributed by atoms with Crippen LogP contribution in [-0.4, -0.2) is 61.8 Å². The van der Waals surface area contributed by atoms with Crippen molar-refractivity contribution in [1.82, 2.24) is 29.9 Å². The Morgan fingerprint density at radius 2 is 1.59 bits per heavy atom. The van der Waals surface area contributed by atoms with Gasteiger partial charge in [0.2, 0.25) is 15.9 Å². The lowest BCUT2D eigenvalue weighted by atomic mass is 9.77. The largest absolute Gasteiger partial charge is 0.377 e. The number of carbonyl (C=O) groups excluding carboxylic acids is 1. The molecule has 7 rings (SSSR count). The molecule has 1 saturated carbocycles. The van der Waals surface area contributed by atoms with Crippen molar-refractivity contribution in [3.05, 3.63) is 93.0 Å². The molecule has 3 N–H and O–H groups in total. The van der Waals surface area contributed by atoms with Crippen LogP contribution in [-0.2, 0) is 46.7 Å². The highest BCUT2D eigenvalue weighted by Gasteiger charge is 2.56. The first kappa shape index (κ1) is 43.7. The van der Waals surface area contributed by atoms with Crippen molar-refractivity contribution in [2.75, 3.05) is 11.0 Å². The van der Waals surface area contributed by atoms with Crippen molar-refractivity contribution in [3.8, 4) is 23.0 Å². The lowest BCUT2D eigenvalue weighted by Gasteiger charge is -2.39. The number of pyridine rings is 1. The van der Waals surface area contributed by atoms with E-state index >= 15 is 8.78 Å². The Morgan fingerprint density at radius 1 is 0.951 bits per heavy atom. The van der Waals surface area contributed by atoms with E-state index in [1.54, 1.807) is 0 Å². The molecule has 0 radical (unpaired) electrons. The van der Waals surface area contributed by atoms with Gasteiger partial charge >= 0.3 is 0 Å². The predicted molar refractivity (Wildman–Crippen MR) is 199 cm³/mol. The van der Waals surface area contributed by atoms with Gasteiger partial charge in [-0.1, -0.05) is 23.6 Å². The summed E-state index contributed by atoms with van der Waals surface area (Å²) in [5.41, 5.74) is -7.30. The molecule has 11 nitrogen and oxygen atoms in total. The summed E-state index contributed by atoms with van der Waals surface area (Å²) in [6.45, 7) is -1.35. The third-order valence-electron chi connectivity index (χ3n) is 9.93. The Morgan fingerprint density at radius 3 is 2.21 bits per heavy atom. The molecule has 2 aliphatic rings. The number of aliphatic hydroxyl groups is 1. The molecule has 0 spiro atoms. The van der Waals surface area contributed by atoms with E-state index in [9.17, 15) is 53.4 Å². The molecular formula is C38H30ClF10N7O4S. The molecule has 0 saturated heterocycles. The van der Waals surface area contributed by atoms with Crippen molar-refractivity contribution in [1.29, 1.82) is 0 Å². The summed E-state index contributed by atoms with van der Waals surface area (Å²) < 4.78 is 173. The summed E-state index contributed by atoms with van der Waals surface area (Å²) >= 11 is 6.52. The number of rotatable bonds is 10. The van der Waals surface area contributed by atoms with Gasteiger partial charge in [0, 0.05) is 37.1 Å². The lowest BCUT2D eigenvalue weighted by molar-refractivity contribution is -0.176. The highest BCUT2D eigenvalue weighted by atomic mass is 35.5. The predicted octanol–water partition coefficient (Wildman–Crippen LogP) is 7.66. The zero-order valence-electron chi connectivity index (χ0n) is 31.4. The highest BCUT2D eigenvalue weighted by Crippen LogP contribution is 2.52. The summed E-state index contributed by atoms with van der Waals surface area (Å²) in [7, 11) is -2.51. The van der Waals surface area contributed by atoms with Gasteiger partial charge in [-0.3, -0.25) is 18.9 Å². The number of fused-ring (bicyclic) bond motifs is 2. The van der Waals surface area contributed by atoms with Gasteiger partial charge in [-0.25, -0.2) is 48.5 Å². The van der Waals surface area contributed by atoms with Gasteiger partial charge in [-0.15, -0.1) is 0 Å². The fourth-order valence-electron chi connectivity index (χ4n) is 7.55. The molecule has 2 aromatic carbocycles. The zero-order valence-corrected chi connectivity index (χ0v) is 33.0. The van der Waals surface area contributed by atoms with E-state index < -0.39 is 119 Å². The number of anilines is 1. The van der Waals surface area contributed by atoms with Crippen LogP contribution in [0.25, 0.3) is 22.0 Å². The van der Waals surface area contributed by atoms with Crippen LogP contribution in [0, 0.1) is 23.5 Å². The summed E-state index contributed by atoms with van der Waals surface area (Å²) in [5, 5.41) is 20.6. The SMILES string of the molecule is Cn1nc(NS(C)(=O)=O)c2c(Cl)ccc(-c3ccc(C#CC4(O)CC(F)(F)C4)nc3C(Cc3cc(F)cc(F)c3)NC(=O)Cn3nc(C(F)F)c4c3C(F)(F)CCC4(F)F)c21. The van der Waals surface area contributed by atoms with E-state index in [4.69, 9.17) is 11.6 Å². The number of halogens is 11. The second kappa shape index (κ2) is 15.2. The molecule has 1 atom stereocenters. The van der Waals surface area contributed by atoms with Crippen LogP contribution in [0.3, 0.4) is 0 Å². The van der Waals surface area contributed by atoms with E-state index in [0.717, 1.165) is 18.4 Å². The maximum absolute atomic E-state index is 15.2. The van der Waals surface area contributed by atoms with Gasteiger partial charge in [0.05, 0.1) is 52.3 Å². The minimum atomic E-state index is -4.16. The molecule has 61 heavy (non-hydrogen) atoms. The number of sulfonamides is 1. The van der Waals surface area contributed by atoms with Crippen LogP contribution < -0.4 is 10.0 Å². The Hall–Kier alpha value is -5.40. The Bertz CT molecular complexity index is 2760. The molecule has 0 bridgehead atoms. The number of aromatic nitrogens is 5. The molecule has 2 aliphatic carbocycles. The minimum absolute atomic E-state index is 0.00808. The van der Waals surface area contributed by atoms with Gasteiger partial charge < -0.3 is 10.4 Å². The number of benzene rings is 2. The van der Waals surface area contributed by atoms with Crippen molar-refractivity contribution in [3.63, 3.8) is 0 Å². The van der Waals surface area contributed by atoms with E-state index in [0.29, 0.717) is 6.07 Å². The smallest absolute Gasteiger partial charge is 0.290 e. The number of hydrogen-bond donors (Lipinski definition) is 3. The van der Waals surface area contributed by atoms with Crippen LogP contribution in [0.4, 0.5) is 49.7 Å². The molecule has 0 aliphatic heterocycles. The number of amides is 1. The van der Waals surface area contributed by atoms with Crippen LogP contribution in [0.5, 0.6) is 0 Å². The molecule has 1 fully saturated rings. The fraction of sp³-hybridized carbons (Fsp3) is 0.368. The first-order valence-electron chi connectivity index (χ1n) is 17.9. The molecule has 1 amide bonds. The third-order valence-corrected chi connectivity index (χ3v) is 10.8. The Balaban J connectivity index is 1.40. The van der Waals surface area contributed by atoms with Gasteiger partial charge in [0.15, 0.2) is 5.82 Å². The van der Waals surface area contributed by atoms with Gasteiger partial charge in [0.25, 0.3) is 24.2 Å². The van der Waals surface area contributed by atoms with Gasteiger partial charge in [-0.2, -0.15) is 19.0 Å². The van der Waals surface area contributed by atoms with Crippen molar-refractivity contribution < 1.29 is 62.2 Å². The summed E-state index contributed by atoms with van der Waals surface area (Å²) in [6.07, 6.45) is -8.39. The molecule has 3 heterocycles. The number of aryl methyl sites for hydroxylation is 1. The summed E-state index contributed by atoms with van der Waals surface area (Å²) in [6, 6.07) is 6.13. The van der Waals surface area contributed by atoms with E-state index in [2.05, 4.69) is 37.1 Å². The number of hydrogen-bond acceptors (Lipinski definition) is 7. The van der Waals surface area contributed by atoms with Crippen LogP contribution in [0.1, 0.15) is 72.1 Å². The zero-order chi connectivity index (χ0) is 44.6. The molecule has 23 heteroatoms. The maximum atomic E-state index is 15.2. The molecule has 3 aromatic heterocycles. The monoisotopic (exact) mass is 905 g/mol. The first-order chi connectivity index (χ1) is 28.2. The average molecular weight is 906 g/mol. The van der Waals surface area contributed by atoms with E-state index in [-0.39, 0.29) is 54.5 Å². The van der Waals surface area contributed by atoms with Crippen molar-refractivity contribution >= 4 is 44.3 Å². The number of nitrogens with zero attached hydrogens (tertiary/aromatic N) is 5. The quantitative estimate of drug-likeness (QED) is 0.0965. The standard InChI is InChI=1S/C38H30ClF10N7O4S/c1-55-31-23(5-6-24(39)27(31)34(53-55)54-61(2,59)60)22-4-3-21(7-8-35(58)16-36(44,45)17-35)50-29(22)25(13-18-11-19(40)14-20(41)12-18)51-26(57)15-56-32-28(30(52-56)33(42)43)37(46,47)9-10-38(32,48)49/h3-6,11-12,14,25,33,58H,9-10,13,15-17H2,1-2H3,(H,51,57)(H,53,54). The molecule has 324 valence electrons. The second-order valence-electron chi connectivity index (χ2n) is 14.9. The molecular weight excluding hydrogens is 876 g/mol. The fourth-order valence-corrected chi connectivity index (χ4v) is 8.28. The van der Waals surface area contributed by atoms with Gasteiger partial charge in [-0.05, 0) is 48.2 Å². The third kappa shape index (κ3) is 8.86. The Labute approximate surface area is 344 Å². The minimum Gasteiger partial charge on any atom is -0.377 e. The number of alkyl halides is 8. The number of carbonyl (C=O) groups is 1. The normalized spacial score (nSPS) is 17.9. The van der Waals surface area contributed by atoms with Crippen LogP contribution >= 0.6 is 11.6 Å². The number of nitrogens with one attached hydrogen (secondary N) is 2. The second-order valence-corrected chi connectivity index (χ2v) is 17.0. The van der Waals surface area contributed by atoms with Crippen LogP contribution in [0.15, 0.2) is 42.5 Å². The summed E-state index contributed by atoms with van der Waals surface area (Å²) in [5.74, 6) is -10.3. The highest BCUT2D eigenvalue weighted by molar-refractivity contribution is 7.92. The molecule has 1 unspecified atom stereocenters. The van der Waals surface area contributed by atoms with E-state index in [1.807, 2.05) is 0 Å².